The Labute approximate surface area is 155 Å². The van der Waals surface area contributed by atoms with E-state index in [4.69, 9.17) is 16.3 Å². The summed E-state index contributed by atoms with van der Waals surface area (Å²) in [4.78, 5) is 12.4. The largest absolute Gasteiger partial charge is 0.379 e. The van der Waals surface area contributed by atoms with Gasteiger partial charge in [0.05, 0.1) is 23.8 Å². The van der Waals surface area contributed by atoms with Crippen molar-refractivity contribution in [1.82, 2.24) is 4.31 Å². The van der Waals surface area contributed by atoms with E-state index in [-0.39, 0.29) is 34.3 Å². The fourth-order valence-corrected chi connectivity index (χ4v) is 4.15. The van der Waals surface area contributed by atoms with E-state index >= 15 is 0 Å². The van der Waals surface area contributed by atoms with Gasteiger partial charge in [0.1, 0.15) is 5.82 Å². The highest BCUT2D eigenvalue weighted by atomic mass is 35.5. The number of nitrogens with zero attached hydrogens (tertiary/aromatic N) is 1. The molecule has 1 heterocycles. The Bertz CT molecular complexity index is 930. The first-order chi connectivity index (χ1) is 12.4. The number of rotatable bonds is 4. The summed E-state index contributed by atoms with van der Waals surface area (Å²) in [5.74, 6) is -1.27. The molecule has 138 valence electrons. The maximum absolute atomic E-state index is 13.8. The highest BCUT2D eigenvalue weighted by Gasteiger charge is 2.27. The molecule has 1 amide bonds. The van der Waals surface area contributed by atoms with Crippen molar-refractivity contribution in [1.29, 1.82) is 0 Å². The summed E-state index contributed by atoms with van der Waals surface area (Å²) in [6.07, 6.45) is 0. The molecule has 1 fully saturated rings. The van der Waals surface area contributed by atoms with Gasteiger partial charge in [0.2, 0.25) is 10.0 Å². The molecule has 1 saturated heterocycles. The Balaban J connectivity index is 1.84. The predicted octanol–water partition coefficient (Wildman–Crippen LogP) is 2.75. The number of hydrogen-bond donors (Lipinski definition) is 1. The average molecular weight is 399 g/mol. The molecular formula is C17H16ClFN2O4S. The van der Waals surface area contributed by atoms with E-state index in [1.807, 2.05) is 0 Å². The first kappa shape index (κ1) is 18.8. The second-order valence-corrected chi connectivity index (χ2v) is 8.00. The molecule has 0 aliphatic carbocycles. The van der Waals surface area contributed by atoms with Crippen LogP contribution < -0.4 is 5.32 Å². The van der Waals surface area contributed by atoms with E-state index in [1.54, 1.807) is 0 Å². The van der Waals surface area contributed by atoms with E-state index in [2.05, 4.69) is 5.32 Å². The molecule has 6 nitrogen and oxygen atoms in total. The molecule has 0 unspecified atom stereocenters. The second-order valence-electron chi connectivity index (χ2n) is 5.62. The lowest BCUT2D eigenvalue weighted by Crippen LogP contribution is -2.40. The van der Waals surface area contributed by atoms with E-state index in [1.165, 1.54) is 40.7 Å². The van der Waals surface area contributed by atoms with Crippen LogP contribution in [-0.2, 0) is 14.8 Å². The highest BCUT2D eigenvalue weighted by molar-refractivity contribution is 7.89. The lowest BCUT2D eigenvalue weighted by Gasteiger charge is -2.26. The van der Waals surface area contributed by atoms with Crippen LogP contribution in [0.1, 0.15) is 10.4 Å². The molecular weight excluding hydrogens is 383 g/mol. The van der Waals surface area contributed by atoms with Crippen LogP contribution in [0.4, 0.5) is 10.1 Å². The van der Waals surface area contributed by atoms with Gasteiger partial charge in [-0.1, -0.05) is 17.7 Å². The van der Waals surface area contributed by atoms with Gasteiger partial charge < -0.3 is 10.1 Å². The maximum Gasteiger partial charge on any atom is 0.255 e. The Morgan fingerprint density at radius 3 is 2.62 bits per heavy atom. The van der Waals surface area contributed by atoms with E-state index in [9.17, 15) is 17.6 Å². The van der Waals surface area contributed by atoms with E-state index in [0.29, 0.717) is 13.2 Å². The van der Waals surface area contributed by atoms with Gasteiger partial charge in [0, 0.05) is 23.7 Å². The Morgan fingerprint density at radius 2 is 1.88 bits per heavy atom. The highest BCUT2D eigenvalue weighted by Crippen LogP contribution is 2.22. The quantitative estimate of drug-likeness (QED) is 0.859. The molecule has 2 aromatic rings. The number of morpholine rings is 1. The molecule has 2 aromatic carbocycles. The van der Waals surface area contributed by atoms with Gasteiger partial charge in [-0.05, 0) is 36.4 Å². The lowest BCUT2D eigenvalue weighted by atomic mass is 10.2. The van der Waals surface area contributed by atoms with E-state index in [0.717, 1.165) is 6.07 Å². The van der Waals surface area contributed by atoms with Crippen molar-refractivity contribution in [2.45, 2.75) is 4.90 Å². The molecule has 1 N–H and O–H groups in total. The summed E-state index contributed by atoms with van der Waals surface area (Å²) in [6.45, 7) is 1.17. The minimum absolute atomic E-state index is 0.00128. The van der Waals surface area contributed by atoms with Gasteiger partial charge in [0.25, 0.3) is 5.91 Å². The number of ether oxygens (including phenoxy) is 1. The molecule has 0 atom stereocenters. The molecule has 0 aromatic heterocycles. The Kier molecular flexibility index (Phi) is 5.57. The number of halogens is 2. The summed E-state index contributed by atoms with van der Waals surface area (Å²) in [6, 6.07) is 9.39. The van der Waals surface area contributed by atoms with Crippen LogP contribution in [0, 0.1) is 5.82 Å². The number of sulfonamides is 1. The third-order valence-electron chi connectivity index (χ3n) is 3.88. The van der Waals surface area contributed by atoms with Crippen LogP contribution >= 0.6 is 11.6 Å². The zero-order valence-corrected chi connectivity index (χ0v) is 15.2. The number of hydrogen-bond acceptors (Lipinski definition) is 4. The van der Waals surface area contributed by atoms with Crippen molar-refractivity contribution < 1.29 is 22.3 Å². The molecule has 1 aliphatic heterocycles. The number of amides is 1. The van der Waals surface area contributed by atoms with Crippen molar-refractivity contribution >= 4 is 33.2 Å². The summed E-state index contributed by atoms with van der Waals surface area (Å²) in [7, 11) is -3.73. The average Bonchev–Trinajstić information content (AvgIpc) is 2.65. The molecule has 0 spiro atoms. The zero-order chi connectivity index (χ0) is 18.7. The molecule has 3 rings (SSSR count). The number of benzene rings is 2. The summed E-state index contributed by atoms with van der Waals surface area (Å²) in [5.41, 5.74) is 0.0163. The smallest absolute Gasteiger partial charge is 0.255 e. The summed E-state index contributed by atoms with van der Waals surface area (Å²) >= 11 is 5.80. The van der Waals surface area contributed by atoms with Gasteiger partial charge in [0.15, 0.2) is 0 Å². The van der Waals surface area contributed by atoms with Gasteiger partial charge in [-0.15, -0.1) is 0 Å². The fraction of sp³-hybridized carbons (Fsp3) is 0.235. The third-order valence-corrected chi connectivity index (χ3v) is 6.01. The number of anilines is 1. The standard InChI is InChI=1S/C17H16ClFN2O4S/c18-13-4-5-15(19)16(11-13)20-17(22)12-2-1-3-14(10-12)26(23,24)21-6-8-25-9-7-21/h1-5,10-11H,6-9H2,(H,20,22). The maximum atomic E-state index is 13.8. The molecule has 1 aliphatic rings. The molecule has 0 bridgehead atoms. The van der Waals surface area contributed by atoms with Gasteiger partial charge in [-0.25, -0.2) is 12.8 Å². The summed E-state index contributed by atoms with van der Waals surface area (Å²) in [5, 5.41) is 2.67. The first-order valence-corrected chi connectivity index (χ1v) is 9.64. The van der Waals surface area contributed by atoms with Crippen LogP contribution in [0.15, 0.2) is 47.4 Å². The number of carbonyl (C=O) groups is 1. The van der Waals surface area contributed by atoms with Crippen LogP contribution in [0.25, 0.3) is 0 Å². The van der Waals surface area contributed by atoms with Crippen molar-refractivity contribution in [3.8, 4) is 0 Å². The number of nitrogens with one attached hydrogen (secondary N) is 1. The Morgan fingerprint density at radius 1 is 1.15 bits per heavy atom. The van der Waals surface area contributed by atoms with Crippen molar-refractivity contribution in [3.63, 3.8) is 0 Å². The minimum Gasteiger partial charge on any atom is -0.379 e. The summed E-state index contributed by atoms with van der Waals surface area (Å²) < 4.78 is 45.6. The minimum atomic E-state index is -3.73. The predicted molar refractivity (Wildman–Crippen MR) is 95.4 cm³/mol. The molecule has 26 heavy (non-hydrogen) atoms. The van der Waals surface area contributed by atoms with Crippen LogP contribution in [0.5, 0.6) is 0 Å². The normalized spacial score (nSPS) is 15.6. The molecule has 0 radical (unpaired) electrons. The van der Waals surface area contributed by atoms with Gasteiger partial charge >= 0.3 is 0 Å². The number of carbonyl (C=O) groups excluding carboxylic acids is 1. The van der Waals surface area contributed by atoms with Crippen molar-refractivity contribution in [2.24, 2.45) is 0 Å². The van der Waals surface area contributed by atoms with Gasteiger partial charge in [-0.3, -0.25) is 4.79 Å². The van der Waals surface area contributed by atoms with E-state index < -0.39 is 21.7 Å². The van der Waals surface area contributed by atoms with Crippen LogP contribution in [0.2, 0.25) is 5.02 Å². The monoisotopic (exact) mass is 398 g/mol. The lowest BCUT2D eigenvalue weighted by molar-refractivity contribution is 0.0730. The first-order valence-electron chi connectivity index (χ1n) is 7.82. The molecule has 0 saturated carbocycles. The van der Waals surface area contributed by atoms with Crippen LogP contribution in [0.3, 0.4) is 0 Å². The van der Waals surface area contributed by atoms with Gasteiger partial charge in [-0.2, -0.15) is 4.31 Å². The third kappa shape index (κ3) is 4.04. The van der Waals surface area contributed by atoms with Crippen molar-refractivity contribution in [3.05, 3.63) is 58.9 Å². The zero-order valence-electron chi connectivity index (χ0n) is 13.6. The second kappa shape index (κ2) is 7.71. The SMILES string of the molecule is O=C(Nc1cc(Cl)ccc1F)c1cccc(S(=O)(=O)N2CCOCC2)c1. The van der Waals surface area contributed by atoms with Crippen LogP contribution in [-0.4, -0.2) is 44.9 Å². The topological polar surface area (TPSA) is 75.7 Å². The molecule has 9 heteroatoms. The van der Waals surface area contributed by atoms with Crippen molar-refractivity contribution in [2.75, 3.05) is 31.6 Å². The Hall–Kier alpha value is -2.00. The fourth-order valence-electron chi connectivity index (χ4n) is 2.52.